The fraction of sp³-hybridized carbons (Fsp3) is 0.400. The van der Waals surface area contributed by atoms with Crippen LogP contribution in [0.25, 0.3) is 0 Å². The molecule has 0 aliphatic carbocycles. The maximum atomic E-state index is 11.9. The standard InChI is InChI=1S/C10H13FO2S/c1-8-2-4-10(5-3-8)14(13)7-9(12)6-11/h2-5,9,12H,6-7H2,1H3. The molecule has 1 N–H and O–H groups in total. The van der Waals surface area contributed by atoms with Gasteiger partial charge in [-0.1, -0.05) is 17.7 Å². The van der Waals surface area contributed by atoms with Crippen LogP contribution < -0.4 is 0 Å². The quantitative estimate of drug-likeness (QED) is 0.826. The number of aliphatic hydroxyl groups is 1. The van der Waals surface area contributed by atoms with Gasteiger partial charge < -0.3 is 5.11 Å². The molecule has 14 heavy (non-hydrogen) atoms. The van der Waals surface area contributed by atoms with E-state index in [1.165, 1.54) is 0 Å². The predicted molar refractivity (Wildman–Crippen MR) is 54.4 cm³/mol. The van der Waals surface area contributed by atoms with Crippen LogP contribution in [-0.4, -0.2) is 27.8 Å². The van der Waals surface area contributed by atoms with Crippen molar-refractivity contribution >= 4 is 10.8 Å². The first-order chi connectivity index (χ1) is 6.63. The van der Waals surface area contributed by atoms with Crippen LogP contribution in [0.3, 0.4) is 0 Å². The minimum atomic E-state index is -1.31. The highest BCUT2D eigenvalue weighted by Crippen LogP contribution is 2.09. The van der Waals surface area contributed by atoms with Crippen molar-refractivity contribution in [2.24, 2.45) is 0 Å². The van der Waals surface area contributed by atoms with E-state index in [-0.39, 0.29) is 5.75 Å². The maximum Gasteiger partial charge on any atom is 0.116 e. The van der Waals surface area contributed by atoms with Crippen molar-refractivity contribution in [1.29, 1.82) is 0 Å². The Morgan fingerprint density at radius 3 is 2.50 bits per heavy atom. The third-order valence-electron chi connectivity index (χ3n) is 1.81. The van der Waals surface area contributed by atoms with E-state index in [0.29, 0.717) is 4.90 Å². The van der Waals surface area contributed by atoms with E-state index in [2.05, 4.69) is 0 Å². The van der Waals surface area contributed by atoms with Crippen LogP contribution in [0.5, 0.6) is 0 Å². The molecule has 0 amide bonds. The minimum Gasteiger partial charge on any atom is -0.389 e. The zero-order valence-electron chi connectivity index (χ0n) is 7.94. The van der Waals surface area contributed by atoms with Crippen molar-refractivity contribution < 1.29 is 13.7 Å². The molecule has 0 aliphatic heterocycles. The van der Waals surface area contributed by atoms with Crippen molar-refractivity contribution in [3.05, 3.63) is 29.8 Å². The first-order valence-electron chi connectivity index (χ1n) is 4.32. The molecule has 2 atom stereocenters. The van der Waals surface area contributed by atoms with Gasteiger partial charge in [-0.05, 0) is 19.1 Å². The first kappa shape index (κ1) is 11.3. The molecule has 0 saturated carbocycles. The highest BCUT2D eigenvalue weighted by Gasteiger charge is 2.10. The summed E-state index contributed by atoms with van der Waals surface area (Å²) in [5.41, 5.74) is 1.08. The van der Waals surface area contributed by atoms with Crippen LogP contribution in [0.15, 0.2) is 29.2 Å². The summed E-state index contributed by atoms with van der Waals surface area (Å²) >= 11 is 0. The van der Waals surface area contributed by atoms with Crippen molar-refractivity contribution in [2.45, 2.75) is 17.9 Å². The van der Waals surface area contributed by atoms with Gasteiger partial charge in [-0.25, -0.2) is 4.39 Å². The molecule has 4 heteroatoms. The fourth-order valence-electron chi connectivity index (χ4n) is 1.01. The number of aliphatic hydroxyl groups excluding tert-OH is 1. The topological polar surface area (TPSA) is 37.3 Å². The van der Waals surface area contributed by atoms with Crippen molar-refractivity contribution in [1.82, 2.24) is 0 Å². The molecule has 1 aromatic rings. The summed E-state index contributed by atoms with van der Waals surface area (Å²) in [5.74, 6) is -0.0421. The van der Waals surface area contributed by atoms with Crippen LogP contribution >= 0.6 is 0 Å². The number of halogens is 1. The molecule has 0 radical (unpaired) electrons. The molecule has 78 valence electrons. The molecule has 1 rings (SSSR count). The van der Waals surface area contributed by atoms with Gasteiger partial charge in [0.1, 0.15) is 6.67 Å². The first-order valence-corrected chi connectivity index (χ1v) is 5.64. The summed E-state index contributed by atoms with van der Waals surface area (Å²) in [7, 11) is -1.31. The van der Waals surface area contributed by atoms with Crippen LogP contribution in [0.1, 0.15) is 5.56 Å². The minimum absolute atomic E-state index is 0.0421. The molecule has 0 heterocycles. The average molecular weight is 216 g/mol. The van der Waals surface area contributed by atoms with E-state index in [1.54, 1.807) is 12.1 Å². The lowest BCUT2D eigenvalue weighted by Gasteiger charge is -2.05. The fourth-order valence-corrected chi connectivity index (χ4v) is 2.08. The zero-order chi connectivity index (χ0) is 10.6. The predicted octanol–water partition coefficient (Wildman–Crippen LogP) is 1.43. The normalized spacial score (nSPS) is 15.1. The van der Waals surface area contributed by atoms with Crippen molar-refractivity contribution in [3.8, 4) is 0 Å². The van der Waals surface area contributed by atoms with Gasteiger partial charge in [0, 0.05) is 4.90 Å². The third-order valence-corrected chi connectivity index (χ3v) is 3.29. The highest BCUT2D eigenvalue weighted by atomic mass is 32.2. The summed E-state index contributed by atoms with van der Waals surface area (Å²) in [4.78, 5) is 0.628. The summed E-state index contributed by atoms with van der Waals surface area (Å²) < 4.78 is 23.5. The van der Waals surface area contributed by atoms with E-state index >= 15 is 0 Å². The van der Waals surface area contributed by atoms with E-state index in [9.17, 15) is 8.60 Å². The summed E-state index contributed by atoms with van der Waals surface area (Å²) in [5, 5.41) is 8.98. The van der Waals surface area contributed by atoms with Gasteiger partial charge >= 0.3 is 0 Å². The second-order valence-electron chi connectivity index (χ2n) is 3.13. The zero-order valence-corrected chi connectivity index (χ0v) is 8.76. The lowest BCUT2D eigenvalue weighted by molar-refractivity contribution is 0.161. The largest absolute Gasteiger partial charge is 0.389 e. The van der Waals surface area contributed by atoms with Gasteiger partial charge in [-0.15, -0.1) is 0 Å². The molecule has 2 nitrogen and oxygen atoms in total. The molecule has 0 fully saturated rings. The van der Waals surface area contributed by atoms with Gasteiger partial charge in [0.15, 0.2) is 0 Å². The van der Waals surface area contributed by atoms with Gasteiger partial charge in [0.2, 0.25) is 0 Å². The Bertz CT molecular complexity index is 310. The monoisotopic (exact) mass is 216 g/mol. The Kier molecular flexibility index (Phi) is 4.22. The number of benzene rings is 1. The van der Waals surface area contributed by atoms with Gasteiger partial charge in [-0.3, -0.25) is 4.21 Å². The maximum absolute atomic E-state index is 11.9. The molecule has 0 spiro atoms. The van der Waals surface area contributed by atoms with E-state index in [4.69, 9.17) is 5.11 Å². The van der Waals surface area contributed by atoms with Gasteiger partial charge in [0.05, 0.1) is 22.7 Å². The molecule has 0 saturated heterocycles. The molecular formula is C10H13FO2S. The Morgan fingerprint density at radius 1 is 1.43 bits per heavy atom. The van der Waals surface area contributed by atoms with Crippen LogP contribution in [0.2, 0.25) is 0 Å². The van der Waals surface area contributed by atoms with Crippen LogP contribution in [0, 0.1) is 6.92 Å². The Balaban J connectivity index is 2.65. The third kappa shape index (κ3) is 3.20. The van der Waals surface area contributed by atoms with Crippen molar-refractivity contribution in [2.75, 3.05) is 12.4 Å². The van der Waals surface area contributed by atoms with Crippen LogP contribution in [0.4, 0.5) is 4.39 Å². The second-order valence-corrected chi connectivity index (χ2v) is 4.63. The van der Waals surface area contributed by atoms with Crippen LogP contribution in [-0.2, 0) is 10.8 Å². The summed E-state index contributed by atoms with van der Waals surface area (Å²) in [6, 6.07) is 7.15. The molecule has 2 unspecified atom stereocenters. The SMILES string of the molecule is Cc1ccc(S(=O)CC(O)CF)cc1. The van der Waals surface area contributed by atoms with Crippen molar-refractivity contribution in [3.63, 3.8) is 0 Å². The number of aryl methyl sites for hydroxylation is 1. The highest BCUT2D eigenvalue weighted by molar-refractivity contribution is 7.85. The van der Waals surface area contributed by atoms with Gasteiger partial charge in [0.25, 0.3) is 0 Å². The molecule has 0 aromatic heterocycles. The lowest BCUT2D eigenvalue weighted by atomic mass is 10.2. The molecule has 0 bridgehead atoms. The van der Waals surface area contributed by atoms with Gasteiger partial charge in [-0.2, -0.15) is 0 Å². The Morgan fingerprint density at radius 2 is 2.00 bits per heavy atom. The molecular weight excluding hydrogens is 203 g/mol. The summed E-state index contributed by atoms with van der Waals surface area (Å²) in [6.45, 7) is 1.08. The lowest BCUT2D eigenvalue weighted by Crippen LogP contribution is -2.18. The van der Waals surface area contributed by atoms with E-state index in [1.807, 2.05) is 19.1 Å². The molecule has 1 aromatic carbocycles. The average Bonchev–Trinajstić information content (AvgIpc) is 2.18. The van der Waals surface area contributed by atoms with E-state index < -0.39 is 23.6 Å². The Labute approximate surface area is 85.2 Å². The molecule has 0 aliphatic rings. The second kappa shape index (κ2) is 5.22. The Hall–Kier alpha value is -0.740. The number of rotatable bonds is 4. The number of alkyl halides is 1. The number of hydrogen-bond acceptors (Lipinski definition) is 2. The summed E-state index contributed by atoms with van der Waals surface area (Å²) in [6.07, 6.45) is -1.13. The number of hydrogen-bond donors (Lipinski definition) is 1. The van der Waals surface area contributed by atoms with E-state index in [0.717, 1.165) is 5.56 Å². The smallest absolute Gasteiger partial charge is 0.116 e.